The van der Waals surface area contributed by atoms with Crippen LogP contribution in [0.3, 0.4) is 0 Å². The molecule has 1 saturated heterocycles. The molecule has 0 aliphatic carbocycles. The number of carbonyl (C=O) groups excluding carboxylic acids is 2. The van der Waals surface area contributed by atoms with E-state index in [9.17, 15) is 9.59 Å². The van der Waals surface area contributed by atoms with Gasteiger partial charge in [-0.2, -0.15) is 0 Å². The minimum atomic E-state index is 0.0593. The van der Waals surface area contributed by atoms with E-state index in [-0.39, 0.29) is 23.1 Å². The molecule has 1 N–H and O–H groups in total. The summed E-state index contributed by atoms with van der Waals surface area (Å²) in [6.07, 6.45) is 2.86. The van der Waals surface area contributed by atoms with Gasteiger partial charge in [0, 0.05) is 32.5 Å². The van der Waals surface area contributed by atoms with Crippen molar-refractivity contribution in [2.75, 3.05) is 20.1 Å². The Morgan fingerprint density at radius 1 is 1.12 bits per heavy atom. The number of rotatable bonds is 4. The molecule has 0 radical (unpaired) electrons. The number of carbonyl (C=O) groups is 2. The summed E-state index contributed by atoms with van der Waals surface area (Å²) >= 11 is 0. The van der Waals surface area contributed by atoms with Gasteiger partial charge in [0.2, 0.25) is 11.8 Å². The molecule has 132 valence electrons. The molecule has 1 heterocycles. The van der Waals surface area contributed by atoms with Crippen LogP contribution in [0.2, 0.25) is 0 Å². The molecule has 1 aliphatic rings. The van der Waals surface area contributed by atoms with Crippen LogP contribution in [0.15, 0.2) is 24.3 Å². The molecule has 0 spiro atoms. The number of hydrogen-bond donors (Lipinski definition) is 1. The van der Waals surface area contributed by atoms with Gasteiger partial charge < -0.3 is 10.2 Å². The Morgan fingerprint density at radius 2 is 1.71 bits per heavy atom. The van der Waals surface area contributed by atoms with Crippen LogP contribution in [0.5, 0.6) is 0 Å². The Labute approximate surface area is 145 Å². The lowest BCUT2D eigenvalue weighted by molar-refractivity contribution is -0.135. The molecule has 0 atom stereocenters. The van der Waals surface area contributed by atoms with Crippen molar-refractivity contribution in [3.8, 4) is 0 Å². The Bertz CT molecular complexity index is 564. The van der Waals surface area contributed by atoms with E-state index in [1.54, 1.807) is 7.05 Å². The summed E-state index contributed by atoms with van der Waals surface area (Å²) in [5.74, 6) is 0.357. The molecule has 4 heteroatoms. The van der Waals surface area contributed by atoms with E-state index in [4.69, 9.17) is 0 Å². The summed E-state index contributed by atoms with van der Waals surface area (Å²) < 4.78 is 0. The van der Waals surface area contributed by atoms with Gasteiger partial charge in [-0.1, -0.05) is 45.0 Å². The van der Waals surface area contributed by atoms with Gasteiger partial charge in [0.1, 0.15) is 0 Å². The molecular weight excluding hydrogens is 300 g/mol. The maximum atomic E-state index is 12.4. The second-order valence-corrected chi connectivity index (χ2v) is 7.72. The quantitative estimate of drug-likeness (QED) is 0.923. The first-order valence-corrected chi connectivity index (χ1v) is 8.90. The molecule has 2 amide bonds. The zero-order valence-electron chi connectivity index (χ0n) is 15.4. The Morgan fingerprint density at radius 3 is 2.21 bits per heavy atom. The lowest BCUT2D eigenvalue weighted by Crippen LogP contribution is -2.42. The summed E-state index contributed by atoms with van der Waals surface area (Å²) in [4.78, 5) is 25.9. The average Bonchev–Trinajstić information content (AvgIpc) is 2.58. The number of aryl methyl sites for hydroxylation is 1. The van der Waals surface area contributed by atoms with Crippen molar-refractivity contribution in [2.24, 2.45) is 5.92 Å². The van der Waals surface area contributed by atoms with E-state index in [1.165, 1.54) is 11.1 Å². The predicted molar refractivity (Wildman–Crippen MR) is 96.8 cm³/mol. The number of amides is 2. The molecule has 1 aromatic rings. The van der Waals surface area contributed by atoms with E-state index in [2.05, 4.69) is 50.4 Å². The van der Waals surface area contributed by atoms with Crippen LogP contribution in [0.25, 0.3) is 0 Å². The van der Waals surface area contributed by atoms with Gasteiger partial charge >= 0.3 is 0 Å². The van der Waals surface area contributed by atoms with Crippen LogP contribution in [0.4, 0.5) is 0 Å². The van der Waals surface area contributed by atoms with Crippen molar-refractivity contribution in [3.05, 3.63) is 35.4 Å². The van der Waals surface area contributed by atoms with Crippen molar-refractivity contribution >= 4 is 11.8 Å². The molecule has 24 heavy (non-hydrogen) atoms. The monoisotopic (exact) mass is 330 g/mol. The normalized spacial score (nSPS) is 16.1. The average molecular weight is 330 g/mol. The van der Waals surface area contributed by atoms with Crippen molar-refractivity contribution in [1.82, 2.24) is 10.2 Å². The third-order valence-corrected chi connectivity index (χ3v) is 4.91. The second-order valence-electron chi connectivity index (χ2n) is 7.72. The minimum absolute atomic E-state index is 0.0593. The standard InChI is InChI=1S/C20H30N2O2/c1-20(2,3)17-8-5-15(6-9-17)7-10-18(23)22-13-11-16(12-14-22)19(24)21-4/h5-6,8-9,16H,7,10-14H2,1-4H3,(H,21,24). The molecule has 0 saturated carbocycles. The molecule has 1 aliphatic heterocycles. The smallest absolute Gasteiger partial charge is 0.222 e. The Hall–Kier alpha value is -1.84. The molecular formula is C20H30N2O2. The molecule has 0 unspecified atom stereocenters. The van der Waals surface area contributed by atoms with Crippen LogP contribution >= 0.6 is 0 Å². The Balaban J connectivity index is 1.80. The molecule has 4 nitrogen and oxygen atoms in total. The fraction of sp³-hybridized carbons (Fsp3) is 0.600. The third-order valence-electron chi connectivity index (χ3n) is 4.91. The van der Waals surface area contributed by atoms with Crippen LogP contribution in [0.1, 0.15) is 51.2 Å². The van der Waals surface area contributed by atoms with Gasteiger partial charge in [-0.3, -0.25) is 9.59 Å². The van der Waals surface area contributed by atoms with Crippen molar-refractivity contribution in [2.45, 2.75) is 51.9 Å². The van der Waals surface area contributed by atoms with Gasteiger partial charge in [-0.05, 0) is 35.8 Å². The summed E-state index contributed by atoms with van der Waals surface area (Å²) in [7, 11) is 1.67. The number of hydrogen-bond acceptors (Lipinski definition) is 2. The van der Waals surface area contributed by atoms with E-state index in [0.29, 0.717) is 19.5 Å². The highest BCUT2D eigenvalue weighted by atomic mass is 16.2. The summed E-state index contributed by atoms with van der Waals surface area (Å²) in [5, 5.41) is 2.70. The maximum Gasteiger partial charge on any atom is 0.222 e. The lowest BCUT2D eigenvalue weighted by atomic mass is 9.86. The maximum absolute atomic E-state index is 12.4. The first-order valence-electron chi connectivity index (χ1n) is 8.90. The number of nitrogens with zero attached hydrogens (tertiary/aromatic N) is 1. The van der Waals surface area contributed by atoms with Gasteiger partial charge in [-0.25, -0.2) is 0 Å². The van der Waals surface area contributed by atoms with E-state index in [0.717, 1.165) is 19.3 Å². The van der Waals surface area contributed by atoms with Gasteiger partial charge in [0.15, 0.2) is 0 Å². The predicted octanol–water partition coefficient (Wildman–Crippen LogP) is 2.90. The van der Waals surface area contributed by atoms with E-state index in [1.807, 2.05) is 4.90 Å². The zero-order chi connectivity index (χ0) is 17.7. The topological polar surface area (TPSA) is 49.4 Å². The van der Waals surface area contributed by atoms with Gasteiger partial charge in [0.05, 0.1) is 0 Å². The van der Waals surface area contributed by atoms with Crippen LogP contribution in [0, 0.1) is 5.92 Å². The summed E-state index contributed by atoms with van der Waals surface area (Å²) in [6, 6.07) is 8.58. The number of piperidine rings is 1. The number of likely N-dealkylation sites (tertiary alicyclic amines) is 1. The van der Waals surface area contributed by atoms with E-state index >= 15 is 0 Å². The van der Waals surface area contributed by atoms with Gasteiger partial charge in [0.25, 0.3) is 0 Å². The summed E-state index contributed by atoms with van der Waals surface area (Å²) in [6.45, 7) is 8.00. The van der Waals surface area contributed by atoms with Crippen LogP contribution in [-0.4, -0.2) is 36.9 Å². The van der Waals surface area contributed by atoms with Crippen LogP contribution in [-0.2, 0) is 21.4 Å². The highest BCUT2D eigenvalue weighted by Gasteiger charge is 2.26. The number of benzene rings is 1. The Kier molecular flexibility index (Phi) is 6.03. The largest absolute Gasteiger partial charge is 0.359 e. The third kappa shape index (κ3) is 4.83. The minimum Gasteiger partial charge on any atom is -0.359 e. The highest BCUT2D eigenvalue weighted by molar-refractivity contribution is 5.80. The van der Waals surface area contributed by atoms with Gasteiger partial charge in [-0.15, -0.1) is 0 Å². The highest BCUT2D eigenvalue weighted by Crippen LogP contribution is 2.23. The van der Waals surface area contributed by atoms with E-state index < -0.39 is 0 Å². The molecule has 2 rings (SSSR count). The fourth-order valence-corrected chi connectivity index (χ4v) is 3.18. The zero-order valence-corrected chi connectivity index (χ0v) is 15.4. The van der Waals surface area contributed by atoms with Crippen molar-refractivity contribution in [3.63, 3.8) is 0 Å². The fourth-order valence-electron chi connectivity index (χ4n) is 3.18. The molecule has 1 aromatic carbocycles. The SMILES string of the molecule is CNC(=O)C1CCN(C(=O)CCc2ccc(C(C)(C)C)cc2)CC1. The lowest BCUT2D eigenvalue weighted by Gasteiger charge is -2.31. The first kappa shape index (κ1) is 18.5. The van der Waals surface area contributed by atoms with Crippen LogP contribution < -0.4 is 5.32 Å². The number of nitrogens with one attached hydrogen (secondary N) is 1. The molecule has 0 aromatic heterocycles. The summed E-state index contributed by atoms with van der Waals surface area (Å²) in [5.41, 5.74) is 2.68. The first-order chi connectivity index (χ1) is 11.3. The second kappa shape index (κ2) is 7.82. The van der Waals surface area contributed by atoms with Crippen molar-refractivity contribution < 1.29 is 9.59 Å². The molecule has 1 fully saturated rings. The molecule has 0 bridgehead atoms. The van der Waals surface area contributed by atoms with Crippen molar-refractivity contribution in [1.29, 1.82) is 0 Å².